The molecule has 0 radical (unpaired) electrons. The Labute approximate surface area is 227 Å². The first kappa shape index (κ1) is 31.7. The molecule has 0 heterocycles. The van der Waals surface area contributed by atoms with E-state index in [1.54, 1.807) is 6.07 Å². The van der Waals surface area contributed by atoms with Crippen molar-refractivity contribution in [1.82, 2.24) is 0 Å². The van der Waals surface area contributed by atoms with Gasteiger partial charge in [-0.15, -0.1) is 0 Å². The van der Waals surface area contributed by atoms with E-state index in [9.17, 15) is 14.9 Å². The fourth-order valence-corrected chi connectivity index (χ4v) is 20.8. The molecule has 0 bridgehead atoms. The van der Waals surface area contributed by atoms with Crippen molar-refractivity contribution in [2.75, 3.05) is 0 Å². The van der Waals surface area contributed by atoms with Crippen LogP contribution in [0.25, 0.3) is 4.85 Å². The zero-order valence-corrected chi connectivity index (χ0v) is 25.8. The summed E-state index contributed by atoms with van der Waals surface area (Å²) < 4.78 is 5.98. The van der Waals surface area contributed by atoms with Gasteiger partial charge in [-0.05, 0) is 18.2 Å². The number of halogens is 1. The van der Waals surface area contributed by atoms with Crippen LogP contribution in [0.4, 0.5) is 5.69 Å². The number of aromatic carboxylic acids is 2. The first-order valence-electron chi connectivity index (χ1n) is 12.4. The molecule has 192 valence electrons. The van der Waals surface area contributed by atoms with Crippen LogP contribution in [0.5, 0.6) is 0 Å². The number of rotatable bonds is 12. The molecule has 0 saturated heterocycles. The molecular weight excluding hydrogens is 627 g/mol. The standard InChI is InChI=1S/C8H5BrO4.C8H3N2.3C4H9.Sn/c9-6-2-4(7(10)11)1-5(3-6)8(12)13;1-10-8-4-2-3-7(5-8)6-9;3*1-3-4-2;/h1-3H,(H,10,11)(H,12,13);3-5H;3*1,3-4H2,2H3;. The Bertz CT molecular complexity index is 1040. The number of hydrogen-bond acceptors (Lipinski definition) is 3. The molecule has 2 rings (SSSR count). The summed E-state index contributed by atoms with van der Waals surface area (Å²) in [6, 6.07) is 12.1. The van der Waals surface area contributed by atoms with E-state index in [1.807, 2.05) is 0 Å². The third kappa shape index (κ3) is 9.95. The van der Waals surface area contributed by atoms with Crippen LogP contribution in [0.2, 0.25) is 13.3 Å². The van der Waals surface area contributed by atoms with Crippen molar-refractivity contribution in [3.63, 3.8) is 0 Å². The van der Waals surface area contributed by atoms with E-state index in [0.29, 0.717) is 15.7 Å². The molecule has 0 unspecified atom stereocenters. The monoisotopic (exact) mass is 662 g/mol. The van der Waals surface area contributed by atoms with Gasteiger partial charge in [-0.3, -0.25) is 0 Å². The summed E-state index contributed by atoms with van der Waals surface area (Å²) in [5, 5.41) is 26.5. The predicted molar refractivity (Wildman–Crippen MR) is 150 cm³/mol. The van der Waals surface area contributed by atoms with Crippen molar-refractivity contribution in [2.45, 2.75) is 72.6 Å². The van der Waals surface area contributed by atoms with Crippen molar-refractivity contribution in [3.8, 4) is 6.07 Å². The van der Waals surface area contributed by atoms with Gasteiger partial charge in [0, 0.05) is 4.47 Å². The van der Waals surface area contributed by atoms with Crippen LogP contribution in [-0.2, 0) is 0 Å². The van der Waals surface area contributed by atoms with E-state index in [-0.39, 0.29) is 11.1 Å². The van der Waals surface area contributed by atoms with Crippen LogP contribution in [-0.4, -0.2) is 40.5 Å². The summed E-state index contributed by atoms with van der Waals surface area (Å²) in [4.78, 5) is 24.7. The predicted octanol–water partition coefficient (Wildman–Crippen LogP) is 8.01. The van der Waals surface area contributed by atoms with Crippen LogP contribution in [0.3, 0.4) is 0 Å². The molecule has 0 aliphatic carbocycles. The third-order valence-corrected chi connectivity index (χ3v) is 22.2. The van der Waals surface area contributed by atoms with Gasteiger partial charge in [-0.1, -0.05) is 15.9 Å². The minimum absolute atomic E-state index is 0.0493. The van der Waals surface area contributed by atoms with E-state index in [4.69, 9.17) is 16.8 Å². The molecule has 0 saturated carbocycles. The van der Waals surface area contributed by atoms with Crippen LogP contribution in [0.1, 0.15) is 85.6 Å². The molecular formula is C28H35BrN2O4Sn. The number of carboxylic acids is 2. The fraction of sp³-hybridized carbons (Fsp3) is 0.429. The molecule has 2 aromatic carbocycles. The van der Waals surface area contributed by atoms with Gasteiger partial charge in [-0.25, -0.2) is 9.59 Å². The number of hydrogen-bond donors (Lipinski definition) is 2. The maximum absolute atomic E-state index is 10.5. The summed E-state index contributed by atoms with van der Waals surface area (Å²) in [6.07, 6.45) is 7.62. The molecule has 0 atom stereocenters. The van der Waals surface area contributed by atoms with Gasteiger partial charge in [0.1, 0.15) is 0 Å². The Kier molecular flexibility index (Phi) is 14.4. The van der Waals surface area contributed by atoms with Crippen LogP contribution >= 0.6 is 15.9 Å². The van der Waals surface area contributed by atoms with Gasteiger partial charge in [0.15, 0.2) is 0 Å². The molecule has 0 aliphatic heterocycles. The van der Waals surface area contributed by atoms with Crippen LogP contribution < -0.4 is 3.58 Å². The Balaban J connectivity index is 0.000000420. The summed E-state index contributed by atoms with van der Waals surface area (Å²) in [6.45, 7) is 14.2. The van der Waals surface area contributed by atoms with Gasteiger partial charge in [0.25, 0.3) is 0 Å². The molecule has 0 aliphatic rings. The summed E-state index contributed by atoms with van der Waals surface area (Å²) >= 11 is 0.499. The fourth-order valence-electron chi connectivity index (χ4n) is 4.24. The first-order chi connectivity index (χ1) is 17.2. The molecule has 0 spiro atoms. The zero-order chi connectivity index (χ0) is 27.1. The average molecular weight is 662 g/mol. The Hall–Kier alpha value is -2.36. The molecule has 6 nitrogen and oxygen atoms in total. The second-order valence-corrected chi connectivity index (χ2v) is 23.1. The maximum atomic E-state index is 10.5. The minimum atomic E-state index is -2.52. The Morgan fingerprint density at radius 3 is 1.72 bits per heavy atom. The molecule has 8 heteroatoms. The number of nitrogens with zero attached hydrogens (tertiary/aromatic N) is 2. The molecule has 0 aromatic heterocycles. The van der Waals surface area contributed by atoms with Gasteiger partial charge < -0.3 is 10.2 Å². The first-order valence-corrected chi connectivity index (χ1v) is 20.6. The van der Waals surface area contributed by atoms with E-state index in [1.165, 1.54) is 67.5 Å². The van der Waals surface area contributed by atoms with Crippen molar-refractivity contribution in [2.24, 2.45) is 0 Å². The number of carboxylic acid groups (broad SMARTS) is 2. The van der Waals surface area contributed by atoms with Crippen LogP contribution in [0.15, 0.2) is 40.9 Å². The van der Waals surface area contributed by atoms with Crippen molar-refractivity contribution in [1.29, 1.82) is 5.26 Å². The van der Waals surface area contributed by atoms with Crippen molar-refractivity contribution < 1.29 is 19.8 Å². The number of unbranched alkanes of at least 4 members (excludes halogenated alkanes) is 3. The van der Waals surface area contributed by atoms with E-state index in [2.05, 4.69) is 59.7 Å². The number of nitriles is 1. The molecule has 2 N–H and O–H groups in total. The summed E-state index contributed by atoms with van der Waals surface area (Å²) in [5.41, 5.74) is 1.24. The number of carbonyl (C=O) groups is 2. The van der Waals surface area contributed by atoms with Gasteiger partial charge in [0.2, 0.25) is 0 Å². The topological polar surface area (TPSA) is 103 Å². The van der Waals surface area contributed by atoms with Gasteiger partial charge >= 0.3 is 159 Å². The van der Waals surface area contributed by atoms with Crippen molar-refractivity contribution >= 4 is 55.5 Å². The molecule has 36 heavy (non-hydrogen) atoms. The average Bonchev–Trinajstić information content (AvgIpc) is 2.88. The quantitative estimate of drug-likeness (QED) is 0.177. The second kappa shape index (κ2) is 16.4. The summed E-state index contributed by atoms with van der Waals surface area (Å²) in [5.74, 6) is -2.30. The number of benzene rings is 2. The van der Waals surface area contributed by atoms with E-state index in [0.717, 1.165) is 6.07 Å². The Morgan fingerprint density at radius 1 is 0.889 bits per heavy atom. The van der Waals surface area contributed by atoms with Crippen molar-refractivity contribution in [3.05, 3.63) is 69.0 Å². The third-order valence-electron chi connectivity index (χ3n) is 6.21. The Morgan fingerprint density at radius 2 is 1.36 bits per heavy atom. The molecule has 0 fully saturated rings. The molecule has 0 amide bonds. The summed E-state index contributed by atoms with van der Waals surface area (Å²) in [7, 11) is 0. The normalized spacial score (nSPS) is 10.5. The van der Waals surface area contributed by atoms with Gasteiger partial charge in [0.05, 0.1) is 11.1 Å². The SMILES string of the molecule is O=C(O)c1cc(Br)cc(C(=O)O)c1.[C-]#[N+]c1cc(C#N)c[c]([Sn]([CH2]CCC)([CH2]CCC)[CH2]CCC)c1. The van der Waals surface area contributed by atoms with Crippen LogP contribution in [0, 0.1) is 17.9 Å². The zero-order valence-electron chi connectivity index (χ0n) is 21.3. The van der Waals surface area contributed by atoms with E-state index >= 15 is 0 Å². The van der Waals surface area contributed by atoms with Gasteiger partial charge in [-0.2, -0.15) is 0 Å². The molecule has 2 aromatic rings. The van der Waals surface area contributed by atoms with E-state index < -0.39 is 30.3 Å². The second-order valence-electron chi connectivity index (χ2n) is 8.92.